The molecule has 0 aliphatic carbocycles. The first-order chi connectivity index (χ1) is 14.0. The number of ether oxygens (including phenoxy) is 1. The number of morpholine rings is 1. The average Bonchev–Trinajstić information content (AvgIpc) is 2.71. The van der Waals surface area contributed by atoms with E-state index in [0.29, 0.717) is 43.6 Å². The number of carbonyl (C=O) groups is 2. The second kappa shape index (κ2) is 12.3. The third-order valence-electron chi connectivity index (χ3n) is 4.75. The van der Waals surface area contributed by atoms with E-state index in [9.17, 15) is 14.8 Å². The molecular formula is C19H32N6O4. The van der Waals surface area contributed by atoms with Crippen LogP contribution in [0.25, 0.3) is 0 Å². The van der Waals surface area contributed by atoms with Crippen LogP contribution >= 0.6 is 0 Å². The van der Waals surface area contributed by atoms with E-state index in [1.807, 2.05) is 13.0 Å². The van der Waals surface area contributed by atoms with Gasteiger partial charge in [-0.2, -0.15) is 0 Å². The minimum atomic E-state index is -0.526. The summed E-state index contributed by atoms with van der Waals surface area (Å²) < 4.78 is 5.37. The molecule has 0 radical (unpaired) electrons. The Morgan fingerprint density at radius 1 is 1.38 bits per heavy atom. The fourth-order valence-electron chi connectivity index (χ4n) is 3.19. The number of rotatable bonds is 12. The number of amides is 2. The Balaban J connectivity index is 1.94. The molecule has 0 bridgehead atoms. The highest BCUT2D eigenvalue weighted by Gasteiger charge is 2.21. The van der Waals surface area contributed by atoms with Crippen LogP contribution in [0.3, 0.4) is 0 Å². The largest absolute Gasteiger partial charge is 0.379 e. The van der Waals surface area contributed by atoms with Crippen LogP contribution in [0.4, 0.5) is 5.95 Å². The van der Waals surface area contributed by atoms with Gasteiger partial charge in [0, 0.05) is 25.3 Å². The molecule has 0 unspecified atom stereocenters. The lowest BCUT2D eigenvalue weighted by Crippen LogP contribution is -2.40. The molecule has 0 spiro atoms. The number of aromatic nitrogens is 2. The van der Waals surface area contributed by atoms with Gasteiger partial charge in [-0.15, -0.1) is 0 Å². The van der Waals surface area contributed by atoms with Gasteiger partial charge in [-0.25, -0.2) is 15.0 Å². The van der Waals surface area contributed by atoms with Crippen molar-refractivity contribution in [3.05, 3.63) is 17.5 Å². The van der Waals surface area contributed by atoms with E-state index in [1.165, 1.54) is 0 Å². The molecule has 1 aromatic heterocycles. The molecule has 2 heterocycles. The maximum absolute atomic E-state index is 12.5. The molecule has 2 rings (SSSR count). The highest BCUT2D eigenvalue weighted by atomic mass is 16.5. The van der Waals surface area contributed by atoms with Crippen molar-refractivity contribution in [2.45, 2.75) is 46.1 Å². The molecule has 2 amide bonds. The Labute approximate surface area is 171 Å². The van der Waals surface area contributed by atoms with Crippen molar-refractivity contribution in [3.63, 3.8) is 0 Å². The number of hydrogen-bond donors (Lipinski definition) is 3. The van der Waals surface area contributed by atoms with Crippen LogP contribution in [0.2, 0.25) is 0 Å². The van der Waals surface area contributed by atoms with Crippen LogP contribution in [0.5, 0.6) is 0 Å². The molecular weight excluding hydrogens is 376 g/mol. The third-order valence-corrected chi connectivity index (χ3v) is 4.75. The fourth-order valence-corrected chi connectivity index (χ4v) is 3.19. The van der Waals surface area contributed by atoms with E-state index in [-0.39, 0.29) is 12.5 Å². The number of aryl methyl sites for hydroxylation is 1. The van der Waals surface area contributed by atoms with Crippen molar-refractivity contribution < 1.29 is 19.5 Å². The molecule has 1 aliphatic rings. The molecule has 0 aromatic carbocycles. The topological polar surface area (TPSA) is 120 Å². The van der Waals surface area contributed by atoms with Crippen molar-refractivity contribution in [2.75, 3.05) is 38.3 Å². The molecule has 0 saturated carbocycles. The molecule has 1 saturated heterocycles. The summed E-state index contributed by atoms with van der Waals surface area (Å²) in [6.45, 7) is 7.72. The fraction of sp³-hybridized carbons (Fsp3) is 0.684. The van der Waals surface area contributed by atoms with Crippen LogP contribution in [-0.2, 0) is 20.9 Å². The van der Waals surface area contributed by atoms with Gasteiger partial charge in [0.15, 0.2) is 0 Å². The van der Waals surface area contributed by atoms with Gasteiger partial charge in [-0.05, 0) is 19.4 Å². The van der Waals surface area contributed by atoms with Gasteiger partial charge in [0.2, 0.25) is 18.3 Å². The molecule has 1 fully saturated rings. The number of hydrogen-bond acceptors (Lipinski definition) is 8. The van der Waals surface area contributed by atoms with Crippen LogP contribution in [0.15, 0.2) is 6.07 Å². The second-order valence-corrected chi connectivity index (χ2v) is 7.25. The lowest BCUT2D eigenvalue weighted by molar-refractivity contribution is -0.154. The van der Waals surface area contributed by atoms with Gasteiger partial charge in [-0.3, -0.25) is 30.5 Å². The first-order valence-electron chi connectivity index (χ1n) is 10.1. The smallest absolute Gasteiger partial charge is 0.243 e. The predicted octanol–water partition coefficient (Wildman–Crippen LogP) is 1.10. The molecule has 162 valence electrons. The molecule has 1 aromatic rings. The molecule has 29 heavy (non-hydrogen) atoms. The second-order valence-electron chi connectivity index (χ2n) is 7.25. The van der Waals surface area contributed by atoms with E-state index < -0.39 is 5.92 Å². The number of hydroxylamine groups is 2. The number of carbonyl (C=O) groups excluding carboxylic acids is 2. The Morgan fingerprint density at radius 3 is 2.83 bits per heavy atom. The van der Waals surface area contributed by atoms with Gasteiger partial charge < -0.3 is 4.74 Å². The standard InChI is InChI=1S/C19H32N6O4/c1-3-4-5-6-16(12-25(28)14-26)18(27)22-23-19-20-15(2)11-17(21-19)13-24-7-9-29-10-8-24/h11,14,16,28H,3-10,12-13H2,1-2H3,(H,22,27)(H,20,21,23)/t16-/m1/s1. The Hall–Kier alpha value is -2.30. The van der Waals surface area contributed by atoms with Crippen molar-refractivity contribution in [1.29, 1.82) is 0 Å². The van der Waals surface area contributed by atoms with E-state index in [0.717, 1.165) is 43.7 Å². The zero-order valence-corrected chi connectivity index (χ0v) is 17.3. The summed E-state index contributed by atoms with van der Waals surface area (Å²) in [5.74, 6) is -0.533. The van der Waals surface area contributed by atoms with Crippen LogP contribution in [-0.4, -0.2) is 70.3 Å². The van der Waals surface area contributed by atoms with E-state index >= 15 is 0 Å². The normalized spacial score (nSPS) is 15.6. The van der Waals surface area contributed by atoms with Gasteiger partial charge in [0.1, 0.15) is 0 Å². The number of hydrazine groups is 1. The monoisotopic (exact) mass is 408 g/mol. The summed E-state index contributed by atoms with van der Waals surface area (Å²) in [5.41, 5.74) is 7.04. The van der Waals surface area contributed by atoms with E-state index in [2.05, 4.69) is 32.6 Å². The number of nitrogens with one attached hydrogen (secondary N) is 2. The first kappa shape index (κ1) is 23.0. The maximum atomic E-state index is 12.5. The van der Waals surface area contributed by atoms with Crippen LogP contribution in [0.1, 0.15) is 44.0 Å². The maximum Gasteiger partial charge on any atom is 0.243 e. The highest BCUT2D eigenvalue weighted by molar-refractivity contribution is 5.80. The Bertz CT molecular complexity index is 654. The number of anilines is 1. The van der Waals surface area contributed by atoms with Crippen molar-refractivity contribution in [2.24, 2.45) is 5.92 Å². The quantitative estimate of drug-likeness (QED) is 0.204. The molecule has 3 N–H and O–H groups in total. The zero-order chi connectivity index (χ0) is 21.1. The summed E-state index contributed by atoms with van der Waals surface area (Å²) in [7, 11) is 0. The average molecular weight is 409 g/mol. The summed E-state index contributed by atoms with van der Waals surface area (Å²) in [5, 5.41) is 9.97. The summed E-state index contributed by atoms with van der Waals surface area (Å²) in [4.78, 5) is 34.3. The third kappa shape index (κ3) is 8.30. The summed E-state index contributed by atoms with van der Waals surface area (Å²) in [6.07, 6.45) is 3.71. The lowest BCUT2D eigenvalue weighted by Gasteiger charge is -2.26. The zero-order valence-electron chi connectivity index (χ0n) is 17.3. The minimum Gasteiger partial charge on any atom is -0.379 e. The molecule has 1 aliphatic heterocycles. The summed E-state index contributed by atoms with van der Waals surface area (Å²) in [6, 6.07) is 1.92. The number of unbranched alkanes of at least 4 members (excludes halogenated alkanes) is 2. The highest BCUT2D eigenvalue weighted by Crippen LogP contribution is 2.12. The van der Waals surface area contributed by atoms with Crippen molar-refractivity contribution in [3.8, 4) is 0 Å². The molecule has 10 heteroatoms. The minimum absolute atomic E-state index is 0.0579. The first-order valence-corrected chi connectivity index (χ1v) is 10.1. The SMILES string of the molecule is CCCCC[C@H](CN(O)C=O)C(=O)NNc1nc(C)cc(CN2CCOCC2)n1. The van der Waals surface area contributed by atoms with Crippen LogP contribution in [0, 0.1) is 12.8 Å². The van der Waals surface area contributed by atoms with E-state index in [1.54, 1.807) is 0 Å². The van der Waals surface area contributed by atoms with Crippen molar-refractivity contribution in [1.82, 2.24) is 25.4 Å². The summed E-state index contributed by atoms with van der Waals surface area (Å²) >= 11 is 0. The van der Waals surface area contributed by atoms with Gasteiger partial charge >= 0.3 is 0 Å². The van der Waals surface area contributed by atoms with Gasteiger partial charge in [-0.1, -0.05) is 26.2 Å². The van der Waals surface area contributed by atoms with E-state index in [4.69, 9.17) is 4.74 Å². The Morgan fingerprint density at radius 2 is 2.14 bits per heavy atom. The number of nitrogens with zero attached hydrogens (tertiary/aromatic N) is 4. The Kier molecular flexibility index (Phi) is 9.75. The predicted molar refractivity (Wildman–Crippen MR) is 107 cm³/mol. The molecule has 10 nitrogen and oxygen atoms in total. The molecule has 1 atom stereocenters. The van der Waals surface area contributed by atoms with Gasteiger partial charge in [0.25, 0.3) is 0 Å². The van der Waals surface area contributed by atoms with Gasteiger partial charge in [0.05, 0.1) is 31.4 Å². The lowest BCUT2D eigenvalue weighted by atomic mass is 10.0. The van der Waals surface area contributed by atoms with Crippen LogP contribution < -0.4 is 10.9 Å². The van der Waals surface area contributed by atoms with Crippen molar-refractivity contribution >= 4 is 18.3 Å².